The Morgan fingerprint density at radius 2 is 2.19 bits per heavy atom. The molecule has 108 valence electrons. The molecular weight excluding hydrogens is 266 g/mol. The topological polar surface area (TPSA) is 55.4 Å². The molecule has 0 unspecified atom stereocenters. The minimum atomic E-state index is -0.101. The molecule has 3 aromatic rings. The lowest BCUT2D eigenvalue weighted by Crippen LogP contribution is -2.26. The lowest BCUT2D eigenvalue weighted by atomic mass is 10.3. The zero-order valence-corrected chi connectivity index (χ0v) is 12.3. The molecule has 0 atom stereocenters. The summed E-state index contributed by atoms with van der Waals surface area (Å²) < 4.78 is 3.64. The first-order chi connectivity index (χ1) is 10.0. The molecule has 6 nitrogen and oxygen atoms in total. The number of imidazole rings is 1. The van der Waals surface area contributed by atoms with Gasteiger partial charge in [0, 0.05) is 32.2 Å². The highest BCUT2D eigenvalue weighted by molar-refractivity contribution is 5.92. The molecule has 0 aromatic carbocycles. The van der Waals surface area contributed by atoms with Crippen LogP contribution in [0.4, 0.5) is 0 Å². The zero-order valence-electron chi connectivity index (χ0n) is 12.3. The van der Waals surface area contributed by atoms with Crippen LogP contribution in [0, 0.1) is 6.92 Å². The van der Waals surface area contributed by atoms with Crippen LogP contribution in [0.25, 0.3) is 5.65 Å². The molecule has 0 aliphatic carbocycles. The Balaban J connectivity index is 1.79. The second-order valence-corrected chi connectivity index (χ2v) is 5.15. The van der Waals surface area contributed by atoms with Crippen molar-refractivity contribution in [2.75, 3.05) is 7.05 Å². The Hall–Kier alpha value is -2.63. The summed E-state index contributed by atoms with van der Waals surface area (Å²) in [7, 11) is 3.59. The first-order valence-corrected chi connectivity index (χ1v) is 6.73. The van der Waals surface area contributed by atoms with Gasteiger partial charge in [0.25, 0.3) is 5.91 Å². The average molecular weight is 283 g/mol. The molecule has 0 aliphatic rings. The number of amides is 1. The third kappa shape index (κ3) is 2.52. The van der Waals surface area contributed by atoms with E-state index in [-0.39, 0.29) is 5.91 Å². The molecule has 0 bridgehead atoms. The van der Waals surface area contributed by atoms with Crippen LogP contribution in [0.15, 0.2) is 36.7 Å². The lowest BCUT2D eigenvalue weighted by Gasteiger charge is -2.13. The summed E-state index contributed by atoms with van der Waals surface area (Å²) in [6.45, 7) is 2.38. The van der Waals surface area contributed by atoms with Crippen LogP contribution in [0.5, 0.6) is 0 Å². The summed E-state index contributed by atoms with van der Waals surface area (Å²) in [6, 6.07) is 7.62. The van der Waals surface area contributed by atoms with Crippen LogP contribution < -0.4 is 0 Å². The minimum absolute atomic E-state index is 0.101. The van der Waals surface area contributed by atoms with Crippen molar-refractivity contribution in [3.8, 4) is 0 Å². The molecule has 3 heterocycles. The van der Waals surface area contributed by atoms with Crippen LogP contribution in [-0.2, 0) is 13.6 Å². The van der Waals surface area contributed by atoms with Gasteiger partial charge in [0.2, 0.25) is 0 Å². The first kappa shape index (κ1) is 13.4. The third-order valence-corrected chi connectivity index (χ3v) is 3.49. The van der Waals surface area contributed by atoms with E-state index in [0.29, 0.717) is 12.2 Å². The number of hydrogen-bond acceptors (Lipinski definition) is 3. The Labute approximate surface area is 122 Å². The van der Waals surface area contributed by atoms with Crippen molar-refractivity contribution in [1.29, 1.82) is 0 Å². The number of carbonyl (C=O) groups excluding carboxylic acids is 1. The summed E-state index contributed by atoms with van der Waals surface area (Å²) in [5, 5.41) is 4.22. The van der Waals surface area contributed by atoms with Crippen LogP contribution >= 0.6 is 0 Å². The number of pyridine rings is 1. The molecule has 3 rings (SSSR count). The highest BCUT2D eigenvalue weighted by atomic mass is 16.2. The number of fused-ring (bicyclic) bond motifs is 1. The fourth-order valence-electron chi connectivity index (χ4n) is 2.24. The highest BCUT2D eigenvalue weighted by Gasteiger charge is 2.17. The van der Waals surface area contributed by atoms with Gasteiger partial charge in [-0.15, -0.1) is 0 Å². The summed E-state index contributed by atoms with van der Waals surface area (Å²) in [5.74, 6) is -0.101. The van der Waals surface area contributed by atoms with E-state index in [1.807, 2.05) is 49.0 Å². The van der Waals surface area contributed by atoms with E-state index in [1.165, 1.54) is 0 Å². The molecule has 3 aromatic heterocycles. The van der Waals surface area contributed by atoms with Crippen LogP contribution in [-0.4, -0.2) is 37.0 Å². The fourth-order valence-corrected chi connectivity index (χ4v) is 2.24. The minimum Gasteiger partial charge on any atom is -0.334 e. The van der Waals surface area contributed by atoms with Crippen molar-refractivity contribution in [2.24, 2.45) is 7.05 Å². The van der Waals surface area contributed by atoms with E-state index < -0.39 is 0 Å². The van der Waals surface area contributed by atoms with E-state index >= 15 is 0 Å². The van der Waals surface area contributed by atoms with Gasteiger partial charge in [0.1, 0.15) is 5.65 Å². The van der Waals surface area contributed by atoms with Gasteiger partial charge in [0.05, 0.1) is 12.2 Å². The quantitative estimate of drug-likeness (QED) is 0.734. The van der Waals surface area contributed by atoms with Gasteiger partial charge in [-0.2, -0.15) is 5.10 Å². The van der Waals surface area contributed by atoms with E-state index in [2.05, 4.69) is 10.1 Å². The van der Waals surface area contributed by atoms with Crippen molar-refractivity contribution >= 4 is 11.6 Å². The Bertz CT molecular complexity index is 749. The van der Waals surface area contributed by atoms with Crippen molar-refractivity contribution < 1.29 is 4.79 Å². The Morgan fingerprint density at radius 1 is 1.38 bits per heavy atom. The molecule has 0 fully saturated rings. The van der Waals surface area contributed by atoms with E-state index in [4.69, 9.17) is 0 Å². The number of aromatic nitrogens is 4. The maximum absolute atomic E-state index is 12.3. The zero-order chi connectivity index (χ0) is 15.0. The number of nitrogens with zero attached hydrogens (tertiary/aromatic N) is 5. The number of hydrogen-bond donors (Lipinski definition) is 0. The van der Waals surface area contributed by atoms with E-state index in [9.17, 15) is 4.79 Å². The second kappa shape index (κ2) is 5.05. The molecular formula is C15H17N5O. The normalized spacial score (nSPS) is 11.0. The van der Waals surface area contributed by atoms with Gasteiger partial charge in [0.15, 0.2) is 5.69 Å². The highest BCUT2D eigenvalue weighted by Crippen LogP contribution is 2.10. The largest absolute Gasteiger partial charge is 0.334 e. The molecule has 0 radical (unpaired) electrons. The molecule has 6 heteroatoms. The molecule has 0 aliphatic heterocycles. The molecule has 0 saturated heterocycles. The van der Waals surface area contributed by atoms with Gasteiger partial charge in [-0.05, 0) is 25.1 Å². The maximum atomic E-state index is 12.3. The van der Waals surface area contributed by atoms with Crippen molar-refractivity contribution in [2.45, 2.75) is 13.5 Å². The van der Waals surface area contributed by atoms with Gasteiger partial charge in [-0.25, -0.2) is 4.98 Å². The smallest absolute Gasteiger partial charge is 0.274 e. The summed E-state index contributed by atoms with van der Waals surface area (Å²) in [5.41, 5.74) is 3.15. The molecule has 1 amide bonds. The fraction of sp³-hybridized carbons (Fsp3) is 0.267. The number of carbonyl (C=O) groups is 1. The molecule has 0 saturated carbocycles. The SMILES string of the molecule is Cc1cc(C(=O)N(C)Cc2cn3ccccc3n2)nn1C. The Kier molecular flexibility index (Phi) is 3.21. The second-order valence-electron chi connectivity index (χ2n) is 5.15. The predicted molar refractivity (Wildman–Crippen MR) is 78.9 cm³/mol. The van der Waals surface area contributed by atoms with Gasteiger partial charge < -0.3 is 9.30 Å². The average Bonchev–Trinajstić information content (AvgIpc) is 3.01. The van der Waals surface area contributed by atoms with Crippen LogP contribution in [0.3, 0.4) is 0 Å². The van der Waals surface area contributed by atoms with Crippen molar-refractivity contribution in [1.82, 2.24) is 24.1 Å². The van der Waals surface area contributed by atoms with Gasteiger partial charge >= 0.3 is 0 Å². The number of aryl methyl sites for hydroxylation is 2. The Morgan fingerprint density at radius 3 is 2.86 bits per heavy atom. The van der Waals surface area contributed by atoms with Gasteiger partial charge in [-0.3, -0.25) is 9.48 Å². The van der Waals surface area contributed by atoms with Gasteiger partial charge in [-0.1, -0.05) is 6.07 Å². The summed E-state index contributed by atoms with van der Waals surface area (Å²) >= 11 is 0. The summed E-state index contributed by atoms with van der Waals surface area (Å²) in [4.78, 5) is 18.5. The molecule has 0 spiro atoms. The van der Waals surface area contributed by atoms with E-state index in [0.717, 1.165) is 17.0 Å². The standard InChI is InChI=1S/C15H17N5O/c1-11-8-13(17-19(11)3)15(21)18(2)9-12-10-20-7-5-4-6-14(20)16-12/h4-8,10H,9H2,1-3H3. The number of rotatable bonds is 3. The monoisotopic (exact) mass is 283 g/mol. The first-order valence-electron chi connectivity index (χ1n) is 6.73. The predicted octanol–water partition coefficient (Wildman–Crippen LogP) is 1.65. The lowest BCUT2D eigenvalue weighted by molar-refractivity contribution is 0.0777. The van der Waals surface area contributed by atoms with Crippen LogP contribution in [0.2, 0.25) is 0 Å². The maximum Gasteiger partial charge on any atom is 0.274 e. The van der Waals surface area contributed by atoms with Crippen molar-refractivity contribution in [3.05, 3.63) is 53.7 Å². The van der Waals surface area contributed by atoms with Crippen molar-refractivity contribution in [3.63, 3.8) is 0 Å². The molecule has 0 N–H and O–H groups in total. The molecule has 21 heavy (non-hydrogen) atoms. The third-order valence-electron chi connectivity index (χ3n) is 3.49. The van der Waals surface area contributed by atoms with E-state index in [1.54, 1.807) is 22.7 Å². The van der Waals surface area contributed by atoms with Crippen LogP contribution in [0.1, 0.15) is 21.9 Å². The summed E-state index contributed by atoms with van der Waals surface area (Å²) in [6.07, 6.45) is 3.87.